The maximum absolute atomic E-state index is 11.5. The molecule has 5 heteroatoms. The highest BCUT2D eigenvalue weighted by molar-refractivity contribution is 6.33. The van der Waals surface area contributed by atoms with Crippen molar-refractivity contribution >= 4 is 34.8 Å². The van der Waals surface area contributed by atoms with Crippen molar-refractivity contribution < 1.29 is 9.53 Å². The maximum atomic E-state index is 11.5. The van der Waals surface area contributed by atoms with Crippen molar-refractivity contribution in [1.82, 2.24) is 0 Å². The van der Waals surface area contributed by atoms with Gasteiger partial charge in [-0.1, -0.05) is 24.6 Å². The van der Waals surface area contributed by atoms with E-state index in [1.165, 1.54) is 0 Å². The Morgan fingerprint density at radius 1 is 1.29 bits per heavy atom. The smallest absolute Gasteiger partial charge is 0.228 e. The molecule has 2 aliphatic rings. The van der Waals surface area contributed by atoms with Gasteiger partial charge in [0.05, 0.1) is 24.0 Å². The number of rotatable bonds is 2. The first-order valence-electron chi connectivity index (χ1n) is 7.30. The Labute approximate surface area is 135 Å². The summed E-state index contributed by atoms with van der Waals surface area (Å²) >= 11 is 13.1. The predicted molar refractivity (Wildman–Crippen MR) is 85.0 cm³/mol. The monoisotopic (exact) mass is 327 g/mol. The summed E-state index contributed by atoms with van der Waals surface area (Å²) in [5, 5.41) is 3.20. The molecular formula is C16H19Cl2NO2. The van der Waals surface area contributed by atoms with Gasteiger partial charge in [-0.05, 0) is 37.0 Å². The van der Waals surface area contributed by atoms with Gasteiger partial charge < -0.3 is 10.1 Å². The van der Waals surface area contributed by atoms with Crippen LogP contribution in [0.4, 0.5) is 5.69 Å². The Morgan fingerprint density at radius 3 is 2.62 bits per heavy atom. The molecule has 0 aromatic heterocycles. The lowest BCUT2D eigenvalue weighted by Gasteiger charge is -2.25. The SMILES string of the molecule is CC1OC(C)C(C(Cl)c2cc3c(cc2Cl)NC(=O)C3)C1C. The van der Waals surface area contributed by atoms with Crippen molar-refractivity contribution in [2.75, 3.05) is 5.32 Å². The van der Waals surface area contributed by atoms with E-state index in [2.05, 4.69) is 26.1 Å². The molecule has 1 amide bonds. The van der Waals surface area contributed by atoms with Gasteiger partial charge in [-0.2, -0.15) is 0 Å². The van der Waals surface area contributed by atoms with Crippen molar-refractivity contribution in [3.63, 3.8) is 0 Å². The second-order valence-electron chi connectivity index (χ2n) is 6.14. The molecule has 0 bridgehead atoms. The molecule has 2 aliphatic heterocycles. The molecule has 0 spiro atoms. The molecule has 0 aliphatic carbocycles. The minimum Gasteiger partial charge on any atom is -0.375 e. The second-order valence-corrected chi connectivity index (χ2v) is 7.02. The highest BCUT2D eigenvalue weighted by Crippen LogP contribution is 2.46. The first kappa shape index (κ1) is 15.1. The van der Waals surface area contributed by atoms with Gasteiger partial charge in [0.25, 0.3) is 0 Å². The Kier molecular flexibility index (Phi) is 3.93. The lowest BCUT2D eigenvalue weighted by atomic mass is 9.83. The molecule has 1 fully saturated rings. The topological polar surface area (TPSA) is 38.3 Å². The zero-order valence-electron chi connectivity index (χ0n) is 12.3. The Bertz CT molecular complexity index is 590. The number of fused-ring (bicyclic) bond motifs is 1. The number of hydrogen-bond donors (Lipinski definition) is 1. The number of ether oxygens (including phenoxy) is 1. The van der Waals surface area contributed by atoms with E-state index in [-0.39, 0.29) is 29.4 Å². The number of amides is 1. The number of halogens is 2. The lowest BCUT2D eigenvalue weighted by Crippen LogP contribution is -2.22. The van der Waals surface area contributed by atoms with Crippen LogP contribution in [0.2, 0.25) is 5.02 Å². The third kappa shape index (κ3) is 2.56. The van der Waals surface area contributed by atoms with Gasteiger partial charge in [0.1, 0.15) is 0 Å². The Hall–Kier alpha value is -0.770. The summed E-state index contributed by atoms with van der Waals surface area (Å²) in [4.78, 5) is 11.5. The standard InChI is InChI=1S/C16H19Cl2NO2/c1-7-8(2)21-9(3)15(7)16(18)11-4-10-5-14(20)19-13(10)6-12(11)17/h4,6-9,15-16H,5H2,1-3H3,(H,19,20). The number of carbonyl (C=O) groups is 1. The van der Waals surface area contributed by atoms with Crippen molar-refractivity contribution in [2.24, 2.45) is 11.8 Å². The van der Waals surface area contributed by atoms with Crippen LogP contribution >= 0.6 is 23.2 Å². The first-order valence-corrected chi connectivity index (χ1v) is 8.11. The van der Waals surface area contributed by atoms with E-state index in [9.17, 15) is 4.79 Å². The number of nitrogens with one attached hydrogen (secondary N) is 1. The zero-order chi connectivity index (χ0) is 15.3. The van der Waals surface area contributed by atoms with Gasteiger partial charge >= 0.3 is 0 Å². The molecule has 5 atom stereocenters. The number of alkyl halides is 1. The average molecular weight is 328 g/mol. The predicted octanol–water partition coefficient (Wildman–Crippen LogP) is 4.17. The van der Waals surface area contributed by atoms with E-state index < -0.39 is 0 Å². The quantitative estimate of drug-likeness (QED) is 0.828. The van der Waals surface area contributed by atoms with Gasteiger partial charge in [-0.3, -0.25) is 4.79 Å². The largest absolute Gasteiger partial charge is 0.375 e. The summed E-state index contributed by atoms with van der Waals surface area (Å²) in [6.45, 7) is 6.31. The van der Waals surface area contributed by atoms with E-state index >= 15 is 0 Å². The molecule has 0 saturated carbocycles. The molecule has 3 nitrogen and oxygen atoms in total. The van der Waals surface area contributed by atoms with Crippen LogP contribution in [0.1, 0.15) is 37.3 Å². The normalized spacial score (nSPS) is 32.9. The molecule has 2 heterocycles. The average Bonchev–Trinajstić information content (AvgIpc) is 2.87. The van der Waals surface area contributed by atoms with Gasteiger partial charge in [0.15, 0.2) is 0 Å². The summed E-state index contributed by atoms with van der Waals surface area (Å²) in [6.07, 6.45) is 0.690. The fourth-order valence-corrected chi connectivity index (χ4v) is 4.44. The summed E-state index contributed by atoms with van der Waals surface area (Å²) in [6, 6.07) is 3.77. The summed E-state index contributed by atoms with van der Waals surface area (Å²) < 4.78 is 5.88. The van der Waals surface area contributed by atoms with E-state index in [1.807, 2.05) is 6.07 Å². The molecule has 1 aromatic rings. The summed E-state index contributed by atoms with van der Waals surface area (Å²) in [7, 11) is 0. The third-order valence-electron chi connectivity index (χ3n) is 4.80. The first-order chi connectivity index (χ1) is 9.88. The molecule has 21 heavy (non-hydrogen) atoms. The van der Waals surface area contributed by atoms with Crippen LogP contribution in [0, 0.1) is 11.8 Å². The van der Waals surface area contributed by atoms with Crippen LogP contribution in [-0.2, 0) is 16.0 Å². The number of hydrogen-bond acceptors (Lipinski definition) is 2. The minimum absolute atomic E-state index is 0.00361. The van der Waals surface area contributed by atoms with Crippen molar-refractivity contribution in [3.05, 3.63) is 28.3 Å². The van der Waals surface area contributed by atoms with Gasteiger partial charge in [-0.25, -0.2) is 0 Å². The van der Waals surface area contributed by atoms with E-state index in [0.29, 0.717) is 17.4 Å². The second kappa shape index (κ2) is 5.45. The highest BCUT2D eigenvalue weighted by Gasteiger charge is 2.42. The third-order valence-corrected chi connectivity index (χ3v) is 5.65. The lowest BCUT2D eigenvalue weighted by molar-refractivity contribution is -0.115. The molecule has 1 aromatic carbocycles. The van der Waals surface area contributed by atoms with Crippen molar-refractivity contribution in [3.8, 4) is 0 Å². The zero-order valence-corrected chi connectivity index (χ0v) is 13.8. The Balaban J connectivity index is 1.94. The van der Waals surface area contributed by atoms with Gasteiger partial charge in [0, 0.05) is 16.6 Å². The van der Waals surface area contributed by atoms with Crippen LogP contribution < -0.4 is 5.32 Å². The van der Waals surface area contributed by atoms with Crippen molar-refractivity contribution in [1.29, 1.82) is 0 Å². The van der Waals surface area contributed by atoms with Crippen LogP contribution in [0.25, 0.3) is 0 Å². The fraction of sp³-hybridized carbons (Fsp3) is 0.562. The van der Waals surface area contributed by atoms with Crippen LogP contribution in [0.15, 0.2) is 12.1 Å². The molecule has 3 rings (SSSR count). The highest BCUT2D eigenvalue weighted by atomic mass is 35.5. The van der Waals surface area contributed by atoms with Gasteiger partial charge in [-0.15, -0.1) is 11.6 Å². The molecule has 1 N–H and O–H groups in total. The molecular weight excluding hydrogens is 309 g/mol. The minimum atomic E-state index is -0.214. The number of benzene rings is 1. The number of anilines is 1. The summed E-state index contributed by atoms with van der Waals surface area (Å²) in [5.74, 6) is 0.581. The molecule has 0 radical (unpaired) electrons. The maximum Gasteiger partial charge on any atom is 0.228 e. The van der Waals surface area contributed by atoms with E-state index in [4.69, 9.17) is 27.9 Å². The van der Waals surface area contributed by atoms with Crippen LogP contribution in [0.3, 0.4) is 0 Å². The van der Waals surface area contributed by atoms with Crippen molar-refractivity contribution in [2.45, 2.75) is 44.8 Å². The Morgan fingerprint density at radius 2 is 2.00 bits per heavy atom. The summed E-state index contributed by atoms with van der Waals surface area (Å²) in [5.41, 5.74) is 2.67. The molecule has 114 valence electrons. The van der Waals surface area contributed by atoms with E-state index in [0.717, 1.165) is 16.8 Å². The van der Waals surface area contributed by atoms with Crippen LogP contribution in [-0.4, -0.2) is 18.1 Å². The van der Waals surface area contributed by atoms with Gasteiger partial charge in [0.2, 0.25) is 5.91 Å². The number of carbonyl (C=O) groups excluding carboxylic acids is 1. The van der Waals surface area contributed by atoms with E-state index in [1.54, 1.807) is 6.07 Å². The fourth-order valence-electron chi connectivity index (χ4n) is 3.48. The molecule has 1 saturated heterocycles. The van der Waals surface area contributed by atoms with Crippen LogP contribution in [0.5, 0.6) is 0 Å². The molecule has 5 unspecified atom stereocenters.